The van der Waals surface area contributed by atoms with Gasteiger partial charge in [0.1, 0.15) is 12.4 Å². The van der Waals surface area contributed by atoms with Crippen LogP contribution >= 0.6 is 15.9 Å². The Morgan fingerprint density at radius 1 is 1.50 bits per heavy atom. The minimum absolute atomic E-state index is 0.107. The first-order valence-electron chi connectivity index (χ1n) is 6.30. The summed E-state index contributed by atoms with van der Waals surface area (Å²) in [6.07, 6.45) is 5.67. The van der Waals surface area contributed by atoms with Crippen LogP contribution in [0.2, 0.25) is 0 Å². The minimum atomic E-state index is 0.107. The second-order valence-electron chi connectivity index (χ2n) is 4.46. The van der Waals surface area contributed by atoms with Gasteiger partial charge in [0.2, 0.25) is 5.91 Å². The Morgan fingerprint density at radius 2 is 2.25 bits per heavy atom. The van der Waals surface area contributed by atoms with E-state index in [0.717, 1.165) is 15.8 Å². The van der Waals surface area contributed by atoms with Crippen molar-refractivity contribution in [1.82, 2.24) is 10.2 Å². The normalized spacial score (nSPS) is 9.90. The zero-order valence-corrected chi connectivity index (χ0v) is 13.4. The van der Waals surface area contributed by atoms with E-state index in [1.807, 2.05) is 18.2 Å². The van der Waals surface area contributed by atoms with Gasteiger partial charge in [-0.05, 0) is 18.2 Å². The molecule has 108 valence electrons. The molecule has 0 unspecified atom stereocenters. The topological polar surface area (TPSA) is 41.6 Å². The number of nitrogens with one attached hydrogen (secondary N) is 1. The number of ether oxygens (including phenoxy) is 1. The molecular weight excluding hydrogens is 320 g/mol. The third-order valence-corrected chi connectivity index (χ3v) is 3.16. The molecular formula is C15H19BrN2O2. The Morgan fingerprint density at radius 3 is 2.90 bits per heavy atom. The van der Waals surface area contributed by atoms with Crippen molar-refractivity contribution in [3.05, 3.63) is 28.2 Å². The average molecular weight is 339 g/mol. The van der Waals surface area contributed by atoms with Crippen LogP contribution in [0, 0.1) is 12.3 Å². The molecule has 1 rings (SSSR count). The molecule has 1 N–H and O–H groups in total. The van der Waals surface area contributed by atoms with Crippen LogP contribution in [-0.4, -0.2) is 38.1 Å². The molecule has 20 heavy (non-hydrogen) atoms. The summed E-state index contributed by atoms with van der Waals surface area (Å²) in [5.74, 6) is 3.32. The van der Waals surface area contributed by atoms with Crippen LogP contribution in [-0.2, 0) is 11.3 Å². The summed E-state index contributed by atoms with van der Waals surface area (Å²) in [5, 5.41) is 3.23. The molecule has 0 heterocycles. The zero-order valence-electron chi connectivity index (χ0n) is 11.8. The number of nitrogens with zero attached hydrogens (tertiary/aromatic N) is 1. The quantitative estimate of drug-likeness (QED) is 0.611. The number of benzene rings is 1. The highest BCUT2D eigenvalue weighted by Gasteiger charge is 2.06. The summed E-state index contributed by atoms with van der Waals surface area (Å²) >= 11 is 3.43. The predicted molar refractivity (Wildman–Crippen MR) is 83.5 cm³/mol. The lowest BCUT2D eigenvalue weighted by Gasteiger charge is -2.13. The molecule has 0 aliphatic carbocycles. The maximum absolute atomic E-state index is 11.4. The van der Waals surface area contributed by atoms with E-state index in [2.05, 4.69) is 27.2 Å². The molecule has 0 radical (unpaired) electrons. The van der Waals surface area contributed by atoms with Crippen LogP contribution in [0.25, 0.3) is 0 Å². The number of rotatable bonds is 7. The summed E-state index contributed by atoms with van der Waals surface area (Å²) < 4.78 is 6.46. The van der Waals surface area contributed by atoms with Gasteiger partial charge in [0, 0.05) is 43.6 Å². The molecule has 0 atom stereocenters. The minimum Gasteiger partial charge on any atom is -0.481 e. The summed E-state index contributed by atoms with van der Waals surface area (Å²) in [7, 11) is 3.50. The van der Waals surface area contributed by atoms with Gasteiger partial charge in [-0.15, -0.1) is 6.42 Å². The van der Waals surface area contributed by atoms with Crippen LogP contribution in [0.5, 0.6) is 5.75 Å². The Bertz CT molecular complexity index is 495. The highest BCUT2D eigenvalue weighted by atomic mass is 79.9. The molecule has 0 saturated heterocycles. The van der Waals surface area contributed by atoms with Crippen molar-refractivity contribution in [3.63, 3.8) is 0 Å². The van der Waals surface area contributed by atoms with Crippen LogP contribution in [0.4, 0.5) is 0 Å². The lowest BCUT2D eigenvalue weighted by Crippen LogP contribution is -2.26. The number of hydrogen-bond acceptors (Lipinski definition) is 3. The first-order chi connectivity index (χ1) is 9.54. The predicted octanol–water partition coefficient (Wildman–Crippen LogP) is 2.03. The Hall–Kier alpha value is -1.51. The molecule has 0 aliphatic rings. The van der Waals surface area contributed by atoms with Gasteiger partial charge in [-0.3, -0.25) is 4.79 Å². The van der Waals surface area contributed by atoms with E-state index in [1.54, 1.807) is 19.0 Å². The first kappa shape index (κ1) is 16.5. The highest BCUT2D eigenvalue weighted by Crippen LogP contribution is 2.23. The third kappa shape index (κ3) is 5.64. The van der Waals surface area contributed by atoms with E-state index < -0.39 is 0 Å². The maximum atomic E-state index is 11.4. The van der Waals surface area contributed by atoms with Gasteiger partial charge in [0.15, 0.2) is 0 Å². The molecule has 1 aromatic carbocycles. The van der Waals surface area contributed by atoms with Crippen molar-refractivity contribution in [3.8, 4) is 18.1 Å². The zero-order chi connectivity index (χ0) is 15.0. The van der Waals surface area contributed by atoms with Crippen LogP contribution in [0.1, 0.15) is 12.0 Å². The SMILES string of the molecule is C#CCOc1ccc(Br)cc1CNCCC(=O)N(C)C. The number of carbonyl (C=O) groups excluding carboxylic acids is 1. The molecule has 1 aromatic rings. The molecule has 0 saturated carbocycles. The molecule has 4 nitrogen and oxygen atoms in total. The number of amides is 1. The van der Waals surface area contributed by atoms with E-state index in [0.29, 0.717) is 19.5 Å². The van der Waals surface area contributed by atoms with Gasteiger partial charge in [-0.2, -0.15) is 0 Å². The highest BCUT2D eigenvalue weighted by molar-refractivity contribution is 9.10. The lowest BCUT2D eigenvalue weighted by molar-refractivity contribution is -0.128. The van der Waals surface area contributed by atoms with Crippen molar-refractivity contribution < 1.29 is 9.53 Å². The summed E-state index contributed by atoms with van der Waals surface area (Å²) in [4.78, 5) is 13.0. The number of hydrogen-bond donors (Lipinski definition) is 1. The fourth-order valence-corrected chi connectivity index (χ4v) is 2.00. The number of terminal acetylenes is 1. The molecule has 0 bridgehead atoms. The summed E-state index contributed by atoms with van der Waals surface area (Å²) in [6.45, 7) is 1.49. The van der Waals surface area contributed by atoms with Gasteiger partial charge < -0.3 is 15.0 Å². The van der Waals surface area contributed by atoms with E-state index in [9.17, 15) is 4.79 Å². The molecule has 5 heteroatoms. The van der Waals surface area contributed by atoms with E-state index in [1.165, 1.54) is 0 Å². The van der Waals surface area contributed by atoms with Crippen molar-refractivity contribution in [2.24, 2.45) is 0 Å². The van der Waals surface area contributed by atoms with E-state index in [-0.39, 0.29) is 12.5 Å². The smallest absolute Gasteiger partial charge is 0.223 e. The first-order valence-corrected chi connectivity index (χ1v) is 7.09. The van der Waals surface area contributed by atoms with Gasteiger partial charge in [-0.1, -0.05) is 21.9 Å². The second-order valence-corrected chi connectivity index (χ2v) is 5.38. The van der Waals surface area contributed by atoms with Gasteiger partial charge in [0.25, 0.3) is 0 Å². The summed E-state index contributed by atoms with van der Waals surface area (Å²) in [6, 6.07) is 5.76. The van der Waals surface area contributed by atoms with Gasteiger partial charge >= 0.3 is 0 Å². The summed E-state index contributed by atoms with van der Waals surface area (Å²) in [5.41, 5.74) is 1.01. The van der Waals surface area contributed by atoms with Crippen molar-refractivity contribution in [1.29, 1.82) is 0 Å². The molecule has 1 amide bonds. The largest absolute Gasteiger partial charge is 0.481 e. The Labute approximate surface area is 128 Å². The average Bonchev–Trinajstić information content (AvgIpc) is 2.42. The molecule has 0 aliphatic heterocycles. The number of carbonyl (C=O) groups is 1. The van der Waals surface area contributed by atoms with Crippen LogP contribution < -0.4 is 10.1 Å². The molecule has 0 spiro atoms. The van der Waals surface area contributed by atoms with Crippen molar-refractivity contribution in [2.75, 3.05) is 27.2 Å². The fraction of sp³-hybridized carbons (Fsp3) is 0.400. The second kappa shape index (κ2) is 8.62. The van der Waals surface area contributed by atoms with E-state index >= 15 is 0 Å². The third-order valence-electron chi connectivity index (χ3n) is 2.66. The standard InChI is InChI=1S/C15H19BrN2O2/c1-4-9-20-14-6-5-13(16)10-12(14)11-17-8-7-15(19)18(2)3/h1,5-6,10,17H,7-9,11H2,2-3H3. The van der Waals surface area contributed by atoms with Gasteiger partial charge in [-0.25, -0.2) is 0 Å². The number of halogens is 1. The lowest BCUT2D eigenvalue weighted by atomic mass is 10.2. The van der Waals surface area contributed by atoms with Crippen LogP contribution in [0.3, 0.4) is 0 Å². The monoisotopic (exact) mass is 338 g/mol. The molecule has 0 fully saturated rings. The van der Waals surface area contributed by atoms with Crippen molar-refractivity contribution in [2.45, 2.75) is 13.0 Å². The van der Waals surface area contributed by atoms with Gasteiger partial charge in [0.05, 0.1) is 0 Å². The van der Waals surface area contributed by atoms with Crippen molar-refractivity contribution >= 4 is 21.8 Å². The fourth-order valence-electron chi connectivity index (χ4n) is 1.59. The molecule has 0 aromatic heterocycles. The van der Waals surface area contributed by atoms with E-state index in [4.69, 9.17) is 11.2 Å². The van der Waals surface area contributed by atoms with Crippen LogP contribution in [0.15, 0.2) is 22.7 Å². The maximum Gasteiger partial charge on any atom is 0.223 e. The Kier molecular flexibility index (Phi) is 7.13. The Balaban J connectivity index is 2.52.